The molecule has 0 spiro atoms. The summed E-state index contributed by atoms with van der Waals surface area (Å²) in [5.41, 5.74) is -3.83. The molecule has 2 aromatic rings. The van der Waals surface area contributed by atoms with Gasteiger partial charge in [0.05, 0.1) is 26.0 Å². The minimum Gasteiger partial charge on any atom is -0.493 e. The number of nitrogens with one attached hydrogen (secondary N) is 3. The van der Waals surface area contributed by atoms with Gasteiger partial charge in [-0.1, -0.05) is 26.0 Å². The number of benzene rings is 1. The summed E-state index contributed by atoms with van der Waals surface area (Å²) >= 11 is 0. The van der Waals surface area contributed by atoms with Gasteiger partial charge in [0.1, 0.15) is 23.7 Å². The number of methoxy groups -OCH3 is 2. The van der Waals surface area contributed by atoms with E-state index in [0.29, 0.717) is 61.3 Å². The molecule has 1 unspecified atom stereocenters. The van der Waals surface area contributed by atoms with Crippen LogP contribution in [0.2, 0.25) is 0 Å². The third-order valence-electron chi connectivity index (χ3n) is 11.8. The van der Waals surface area contributed by atoms with Gasteiger partial charge < -0.3 is 34.5 Å². The van der Waals surface area contributed by atoms with Crippen LogP contribution in [0.25, 0.3) is 10.8 Å². The van der Waals surface area contributed by atoms with Crippen molar-refractivity contribution in [2.45, 2.75) is 120 Å². The van der Waals surface area contributed by atoms with E-state index in [1.54, 1.807) is 25.1 Å². The highest BCUT2D eigenvalue weighted by Gasteiger charge is 2.62. The number of carbonyl (C=O) groups excluding carboxylic acids is 4. The highest BCUT2D eigenvalue weighted by molar-refractivity contribution is 7.91. The molecule has 1 aromatic carbocycles. The van der Waals surface area contributed by atoms with Crippen LogP contribution in [0.3, 0.4) is 0 Å². The minimum atomic E-state index is -3.96. The van der Waals surface area contributed by atoms with E-state index in [0.717, 1.165) is 13.8 Å². The second-order valence-corrected chi connectivity index (χ2v) is 18.7. The van der Waals surface area contributed by atoms with Crippen LogP contribution in [0.1, 0.15) is 79.6 Å². The number of alkyl carbamates (subject to hydrolysis) is 1. The third kappa shape index (κ3) is 8.95. The van der Waals surface area contributed by atoms with Crippen LogP contribution >= 0.6 is 0 Å². The Morgan fingerprint density at radius 1 is 1.03 bits per heavy atom. The molecule has 0 bridgehead atoms. The van der Waals surface area contributed by atoms with Crippen molar-refractivity contribution in [3.05, 3.63) is 36.5 Å². The Kier molecular flexibility index (Phi) is 11.9. The van der Waals surface area contributed by atoms with Crippen molar-refractivity contribution in [2.75, 3.05) is 20.8 Å². The number of hydrogen-bond acceptors (Lipinski definition) is 11. The van der Waals surface area contributed by atoms with E-state index in [1.807, 2.05) is 19.1 Å². The molecule has 4 aliphatic rings. The number of alkyl halides is 2. The molecule has 2 saturated carbocycles. The number of fused-ring (bicyclic) bond motifs is 3. The summed E-state index contributed by atoms with van der Waals surface area (Å²) in [6.45, 7) is 6.31. The van der Waals surface area contributed by atoms with Gasteiger partial charge in [-0.15, -0.1) is 0 Å². The van der Waals surface area contributed by atoms with Crippen molar-refractivity contribution in [3.8, 4) is 17.4 Å². The second-order valence-electron chi connectivity index (χ2n) is 16.7. The number of amides is 4. The maximum Gasteiger partial charge on any atom is 0.408 e. The fraction of sp³-hybridized carbons (Fsp3) is 0.625. The van der Waals surface area contributed by atoms with Crippen molar-refractivity contribution in [3.63, 3.8) is 0 Å². The van der Waals surface area contributed by atoms with Crippen LogP contribution in [0.4, 0.5) is 13.6 Å². The van der Waals surface area contributed by atoms with Gasteiger partial charge in [-0.25, -0.2) is 27.0 Å². The van der Waals surface area contributed by atoms with Gasteiger partial charge >= 0.3 is 6.09 Å². The molecule has 318 valence electrons. The fourth-order valence-electron chi connectivity index (χ4n) is 7.70. The van der Waals surface area contributed by atoms with Crippen molar-refractivity contribution in [1.29, 1.82) is 0 Å². The number of allylic oxidation sites excluding steroid dienone is 1. The summed E-state index contributed by atoms with van der Waals surface area (Å²) in [4.78, 5) is 62.1. The smallest absolute Gasteiger partial charge is 0.408 e. The number of aromatic nitrogens is 1. The number of ether oxygens (including phenoxy) is 4. The van der Waals surface area contributed by atoms with E-state index >= 15 is 0 Å². The van der Waals surface area contributed by atoms with Gasteiger partial charge in [0.2, 0.25) is 27.7 Å². The van der Waals surface area contributed by atoms with Crippen molar-refractivity contribution >= 4 is 44.6 Å². The van der Waals surface area contributed by atoms with Crippen molar-refractivity contribution < 1.29 is 55.3 Å². The minimum absolute atomic E-state index is 0.0172. The Labute approximate surface area is 337 Å². The maximum atomic E-state index is 14.8. The first kappa shape index (κ1) is 42.9. The predicted octanol–water partition coefficient (Wildman–Crippen LogP) is 4.62. The first-order chi connectivity index (χ1) is 27.2. The van der Waals surface area contributed by atoms with Crippen LogP contribution in [0.5, 0.6) is 17.4 Å². The average Bonchev–Trinajstić information content (AvgIpc) is 4.07. The summed E-state index contributed by atoms with van der Waals surface area (Å²) in [7, 11) is -0.973. The lowest BCUT2D eigenvalue weighted by atomic mass is 9.88. The lowest BCUT2D eigenvalue weighted by Gasteiger charge is -2.35. The molecular formula is C40H53F2N5O10S. The molecule has 3 N–H and O–H groups in total. The molecule has 3 heterocycles. The Morgan fingerprint density at radius 3 is 2.38 bits per heavy atom. The van der Waals surface area contributed by atoms with Crippen LogP contribution in [-0.4, -0.2) is 103 Å². The van der Waals surface area contributed by atoms with E-state index in [4.69, 9.17) is 18.9 Å². The molecule has 6 rings (SSSR count). The van der Waals surface area contributed by atoms with Crippen molar-refractivity contribution in [1.82, 2.24) is 25.2 Å². The van der Waals surface area contributed by atoms with E-state index in [9.17, 15) is 36.4 Å². The van der Waals surface area contributed by atoms with Crippen molar-refractivity contribution in [2.24, 2.45) is 17.8 Å². The first-order valence-electron chi connectivity index (χ1n) is 19.6. The highest BCUT2D eigenvalue weighted by Crippen LogP contribution is 2.46. The standard InChI is InChI=1S/C40H53F2N5O10S/c1-22-10-8-9-11-25-20-40(25,36(50)46-58(52,53)27-12-13-27)45-33(48)29-18-26(56-34-28-19-31(55-7)30(54-6)17-24(28)14-15-43-34)21-47(29)35(49)32(23(2)16-22)44-37(51)57-38(3,4)39(5,41)42/h9,11,14-15,17,19,22-23,25-27,29,32H,8,10,12-13,16,18,20-21H2,1-7H3,(H,44,51)(H,45,48)(H,46,50)/b11-9-/t22-,23+,25?,26+,29-,32-,40+/m0/s1. The van der Waals surface area contributed by atoms with E-state index in [1.165, 1.54) is 25.3 Å². The molecule has 4 amide bonds. The molecule has 15 nitrogen and oxygen atoms in total. The highest BCUT2D eigenvalue weighted by atomic mass is 32.2. The number of halogens is 2. The molecule has 1 aromatic heterocycles. The molecule has 1 saturated heterocycles. The monoisotopic (exact) mass is 833 g/mol. The van der Waals surface area contributed by atoms with Crippen LogP contribution in [0, 0.1) is 17.8 Å². The Morgan fingerprint density at radius 2 is 1.72 bits per heavy atom. The van der Waals surface area contributed by atoms with Crippen LogP contribution in [-0.2, 0) is 29.1 Å². The van der Waals surface area contributed by atoms with Gasteiger partial charge in [0.15, 0.2) is 17.1 Å². The normalized spacial score (nSPS) is 28.8. The fourth-order valence-corrected chi connectivity index (χ4v) is 9.06. The molecule has 7 atom stereocenters. The topological polar surface area (TPSA) is 192 Å². The van der Waals surface area contributed by atoms with Gasteiger partial charge in [-0.2, -0.15) is 0 Å². The Bertz CT molecular complexity index is 2070. The van der Waals surface area contributed by atoms with Crippen LogP contribution in [0.15, 0.2) is 36.5 Å². The van der Waals surface area contributed by atoms with Gasteiger partial charge in [-0.05, 0) is 87.8 Å². The molecule has 0 radical (unpaired) electrons. The molecular weight excluding hydrogens is 781 g/mol. The SMILES string of the molecule is COc1cc2ccnc(O[C@@H]3C[C@H]4C(=O)N[C@]5(C(=O)NS(=O)(=O)C6CC6)CC5/C=C\CC[C@H](C)C[C@@H](C)[C@H](NC(=O)OC(C)(C)C(C)(F)F)C(=O)N4C3)c2cc1OC. The average molecular weight is 834 g/mol. The van der Waals surface area contributed by atoms with E-state index in [-0.39, 0.29) is 31.2 Å². The zero-order valence-corrected chi connectivity index (χ0v) is 34.6. The number of nitrogens with zero attached hydrogens (tertiary/aromatic N) is 2. The van der Waals surface area contributed by atoms with E-state index in [2.05, 4.69) is 20.3 Å². The Balaban J connectivity index is 1.36. The zero-order chi connectivity index (χ0) is 42.4. The zero-order valence-electron chi connectivity index (χ0n) is 33.8. The third-order valence-corrected chi connectivity index (χ3v) is 13.6. The molecule has 2 aliphatic carbocycles. The summed E-state index contributed by atoms with van der Waals surface area (Å²) < 4.78 is 79.3. The molecule has 58 heavy (non-hydrogen) atoms. The molecule has 3 fully saturated rings. The summed E-state index contributed by atoms with van der Waals surface area (Å²) in [6, 6.07) is 2.59. The predicted molar refractivity (Wildman–Crippen MR) is 208 cm³/mol. The second kappa shape index (κ2) is 16.1. The molecule has 18 heteroatoms. The Hall–Kier alpha value is -4.74. The van der Waals surface area contributed by atoms with Gasteiger partial charge in [0.25, 0.3) is 11.8 Å². The first-order valence-corrected chi connectivity index (χ1v) is 21.1. The van der Waals surface area contributed by atoms with Crippen LogP contribution < -0.4 is 29.6 Å². The summed E-state index contributed by atoms with van der Waals surface area (Å²) in [5, 5.41) is 5.94. The number of rotatable bonds is 10. The quantitative estimate of drug-likeness (QED) is 0.283. The largest absolute Gasteiger partial charge is 0.493 e. The summed E-state index contributed by atoms with van der Waals surface area (Å²) in [5.74, 6) is -5.71. The lowest BCUT2D eigenvalue weighted by molar-refractivity contribution is -0.152. The number of pyridine rings is 1. The van der Waals surface area contributed by atoms with Gasteiger partial charge in [0, 0.05) is 30.8 Å². The maximum absolute atomic E-state index is 14.8. The number of carbonyl (C=O) groups is 4. The molecule has 2 aliphatic heterocycles. The van der Waals surface area contributed by atoms with Gasteiger partial charge in [-0.3, -0.25) is 19.1 Å². The summed E-state index contributed by atoms with van der Waals surface area (Å²) in [6.07, 6.45) is 5.72. The number of sulfonamides is 1. The van der Waals surface area contributed by atoms with E-state index < -0.39 is 86.2 Å². The number of hydrogen-bond donors (Lipinski definition) is 3. The lowest BCUT2D eigenvalue weighted by Crippen LogP contribution is -2.59.